The summed E-state index contributed by atoms with van der Waals surface area (Å²) in [5, 5.41) is 9.36. The molecule has 1 N–H and O–H groups in total. The maximum absolute atomic E-state index is 11.1. The van der Waals surface area contributed by atoms with Gasteiger partial charge in [0.25, 0.3) is 0 Å². The summed E-state index contributed by atoms with van der Waals surface area (Å²) in [6.45, 7) is 2.08. The molecule has 2 rings (SSSR count). The molecule has 1 atom stereocenters. The fourth-order valence-corrected chi connectivity index (χ4v) is 2.31. The van der Waals surface area contributed by atoms with Gasteiger partial charge in [0.2, 0.25) is 0 Å². The van der Waals surface area contributed by atoms with E-state index in [0.717, 1.165) is 24.8 Å². The summed E-state index contributed by atoms with van der Waals surface area (Å²) >= 11 is 0. The number of Topliss-reactive ketones (excluding diaryl/α,β-unsaturated/α-hetero) is 1. The molecule has 0 aromatic carbocycles. The number of aliphatic hydroxyl groups excluding tert-OH is 1. The molecule has 0 radical (unpaired) electrons. The zero-order valence-corrected chi connectivity index (χ0v) is 6.68. The molecule has 0 spiro atoms. The first kappa shape index (κ1) is 6.89. The van der Waals surface area contributed by atoms with Crippen LogP contribution in [0.2, 0.25) is 0 Å². The summed E-state index contributed by atoms with van der Waals surface area (Å²) in [5.74, 6) is 0.0206. The van der Waals surface area contributed by atoms with Crippen LogP contribution in [0, 0.1) is 5.41 Å². The molecule has 1 fully saturated rings. The molecular weight excluding hydrogens is 140 g/mol. The average molecular weight is 152 g/mol. The van der Waals surface area contributed by atoms with Crippen molar-refractivity contribution in [2.45, 2.75) is 32.6 Å². The lowest BCUT2D eigenvalue weighted by atomic mass is 9.86. The third kappa shape index (κ3) is 0.753. The van der Waals surface area contributed by atoms with Crippen LogP contribution in [0.5, 0.6) is 0 Å². The van der Waals surface area contributed by atoms with E-state index in [1.54, 1.807) is 0 Å². The topological polar surface area (TPSA) is 37.3 Å². The lowest BCUT2D eigenvalue weighted by Crippen LogP contribution is -2.10. The molecule has 0 heterocycles. The summed E-state index contributed by atoms with van der Waals surface area (Å²) in [7, 11) is 0. The summed E-state index contributed by atoms with van der Waals surface area (Å²) in [6.07, 6.45) is 3.66. The van der Waals surface area contributed by atoms with Crippen molar-refractivity contribution in [2.75, 3.05) is 0 Å². The highest BCUT2D eigenvalue weighted by atomic mass is 16.3. The van der Waals surface area contributed by atoms with Crippen molar-refractivity contribution >= 4 is 5.78 Å². The second-order valence-electron chi connectivity index (χ2n) is 3.84. The molecule has 2 nitrogen and oxygen atoms in total. The van der Waals surface area contributed by atoms with Gasteiger partial charge < -0.3 is 5.11 Å². The van der Waals surface area contributed by atoms with Crippen molar-refractivity contribution in [1.29, 1.82) is 0 Å². The fourth-order valence-electron chi connectivity index (χ4n) is 2.31. The largest absolute Gasteiger partial charge is 0.504 e. The first-order valence-corrected chi connectivity index (χ1v) is 4.09. The number of carbonyl (C=O) groups excluding carboxylic acids is 1. The second kappa shape index (κ2) is 1.87. The van der Waals surface area contributed by atoms with E-state index in [1.165, 1.54) is 0 Å². The Morgan fingerprint density at radius 2 is 2.27 bits per heavy atom. The van der Waals surface area contributed by atoms with Gasteiger partial charge in [0.15, 0.2) is 11.5 Å². The molecule has 2 heteroatoms. The molecule has 0 aromatic rings. The standard InChI is InChI=1S/C9H12O2/c1-9-4-2-3-6(9)8(11)7(10)5-9/h11H,2-5H2,1H3. The molecular formula is C9H12O2. The number of fused-ring (bicyclic) bond motifs is 1. The van der Waals surface area contributed by atoms with Crippen LogP contribution in [0.3, 0.4) is 0 Å². The summed E-state index contributed by atoms with van der Waals surface area (Å²) in [6, 6.07) is 0. The molecule has 11 heavy (non-hydrogen) atoms. The Balaban J connectivity index is 2.47. The first-order chi connectivity index (χ1) is 5.13. The number of allylic oxidation sites excluding steroid dienone is 2. The lowest BCUT2D eigenvalue weighted by molar-refractivity contribution is -0.118. The molecule has 2 aliphatic rings. The van der Waals surface area contributed by atoms with Crippen molar-refractivity contribution in [3.8, 4) is 0 Å². The van der Waals surface area contributed by atoms with Gasteiger partial charge >= 0.3 is 0 Å². The van der Waals surface area contributed by atoms with Gasteiger partial charge in [0, 0.05) is 6.42 Å². The lowest BCUT2D eigenvalue weighted by Gasteiger charge is -2.17. The van der Waals surface area contributed by atoms with Crippen LogP contribution in [-0.2, 0) is 4.79 Å². The van der Waals surface area contributed by atoms with E-state index in [-0.39, 0.29) is 17.0 Å². The van der Waals surface area contributed by atoms with Gasteiger partial charge in [-0.05, 0) is 30.3 Å². The quantitative estimate of drug-likeness (QED) is 0.576. The smallest absolute Gasteiger partial charge is 0.197 e. The third-order valence-corrected chi connectivity index (χ3v) is 2.98. The Morgan fingerprint density at radius 3 is 2.91 bits per heavy atom. The zero-order valence-electron chi connectivity index (χ0n) is 6.68. The van der Waals surface area contributed by atoms with Gasteiger partial charge in [-0.1, -0.05) is 6.92 Å². The average Bonchev–Trinajstić information content (AvgIpc) is 2.36. The maximum atomic E-state index is 11.1. The summed E-state index contributed by atoms with van der Waals surface area (Å²) in [4.78, 5) is 11.1. The number of rotatable bonds is 0. The molecule has 0 bridgehead atoms. The van der Waals surface area contributed by atoms with Gasteiger partial charge in [-0.2, -0.15) is 0 Å². The normalized spacial score (nSPS) is 36.6. The molecule has 0 aromatic heterocycles. The third-order valence-electron chi connectivity index (χ3n) is 2.98. The van der Waals surface area contributed by atoms with Gasteiger partial charge in [-0.3, -0.25) is 4.79 Å². The van der Waals surface area contributed by atoms with Gasteiger partial charge in [-0.25, -0.2) is 0 Å². The summed E-state index contributed by atoms with van der Waals surface area (Å²) < 4.78 is 0. The Morgan fingerprint density at radius 1 is 1.55 bits per heavy atom. The van der Waals surface area contributed by atoms with E-state index in [9.17, 15) is 9.90 Å². The molecule has 0 saturated heterocycles. The Bertz CT molecular complexity index is 252. The van der Waals surface area contributed by atoms with Gasteiger partial charge in [0.05, 0.1) is 0 Å². The Hall–Kier alpha value is -0.790. The van der Waals surface area contributed by atoms with Crippen molar-refractivity contribution in [1.82, 2.24) is 0 Å². The van der Waals surface area contributed by atoms with E-state index < -0.39 is 0 Å². The van der Waals surface area contributed by atoms with E-state index in [2.05, 4.69) is 6.92 Å². The van der Waals surface area contributed by atoms with Crippen LogP contribution >= 0.6 is 0 Å². The highest BCUT2D eigenvalue weighted by molar-refractivity contribution is 5.97. The van der Waals surface area contributed by atoms with Crippen LogP contribution in [0.4, 0.5) is 0 Å². The Kier molecular flexibility index (Phi) is 1.17. The minimum absolute atomic E-state index is 0.0289. The molecule has 60 valence electrons. The van der Waals surface area contributed by atoms with Crippen molar-refractivity contribution < 1.29 is 9.90 Å². The highest BCUT2D eigenvalue weighted by Crippen LogP contribution is 2.50. The first-order valence-electron chi connectivity index (χ1n) is 4.09. The molecule has 0 amide bonds. The monoisotopic (exact) mass is 152 g/mol. The minimum Gasteiger partial charge on any atom is -0.504 e. The number of ketones is 1. The summed E-state index contributed by atoms with van der Waals surface area (Å²) in [5.41, 5.74) is 1.05. The van der Waals surface area contributed by atoms with E-state index >= 15 is 0 Å². The van der Waals surface area contributed by atoms with Crippen molar-refractivity contribution in [3.63, 3.8) is 0 Å². The minimum atomic E-state index is -0.0535. The van der Waals surface area contributed by atoms with Gasteiger partial charge in [-0.15, -0.1) is 0 Å². The van der Waals surface area contributed by atoms with Gasteiger partial charge in [0.1, 0.15) is 0 Å². The molecule has 1 saturated carbocycles. The van der Waals surface area contributed by atoms with Crippen LogP contribution in [0.1, 0.15) is 32.6 Å². The highest BCUT2D eigenvalue weighted by Gasteiger charge is 2.44. The van der Waals surface area contributed by atoms with Crippen LogP contribution in [-0.4, -0.2) is 10.9 Å². The van der Waals surface area contributed by atoms with E-state index in [4.69, 9.17) is 0 Å². The molecule has 0 aliphatic heterocycles. The maximum Gasteiger partial charge on any atom is 0.197 e. The molecule has 2 aliphatic carbocycles. The Labute approximate surface area is 65.9 Å². The number of aliphatic hydroxyl groups is 1. The predicted octanol–water partition coefficient (Wildman–Crippen LogP) is 1.96. The van der Waals surface area contributed by atoms with E-state index in [0.29, 0.717) is 6.42 Å². The predicted molar refractivity (Wildman–Crippen MR) is 41.2 cm³/mol. The van der Waals surface area contributed by atoms with Crippen molar-refractivity contribution in [2.24, 2.45) is 5.41 Å². The molecule has 1 unspecified atom stereocenters. The zero-order chi connectivity index (χ0) is 8.06. The van der Waals surface area contributed by atoms with Crippen LogP contribution in [0.25, 0.3) is 0 Å². The van der Waals surface area contributed by atoms with Crippen LogP contribution < -0.4 is 0 Å². The number of carbonyl (C=O) groups is 1. The fraction of sp³-hybridized carbons (Fsp3) is 0.667. The SMILES string of the molecule is CC12CCCC1=C(O)C(=O)C2. The number of hydrogen-bond donors (Lipinski definition) is 1. The van der Waals surface area contributed by atoms with E-state index in [1.807, 2.05) is 0 Å². The van der Waals surface area contributed by atoms with Crippen molar-refractivity contribution in [3.05, 3.63) is 11.3 Å². The van der Waals surface area contributed by atoms with Crippen LogP contribution in [0.15, 0.2) is 11.3 Å². The second-order valence-corrected chi connectivity index (χ2v) is 3.84. The number of hydrogen-bond acceptors (Lipinski definition) is 2.